The van der Waals surface area contributed by atoms with E-state index >= 15 is 0 Å². The van der Waals surface area contributed by atoms with Crippen molar-refractivity contribution in [3.63, 3.8) is 0 Å². The number of benzene rings is 2. The van der Waals surface area contributed by atoms with Crippen molar-refractivity contribution in [3.05, 3.63) is 64.2 Å². The lowest BCUT2D eigenvalue weighted by Crippen LogP contribution is -2.32. The minimum absolute atomic E-state index is 0.211. The zero-order valence-electron chi connectivity index (χ0n) is 15.0. The highest BCUT2D eigenvalue weighted by molar-refractivity contribution is 7.79. The summed E-state index contributed by atoms with van der Waals surface area (Å²) in [5, 5.41) is 0. The molecule has 0 saturated carbocycles. The first-order valence-corrected chi connectivity index (χ1v) is 9.26. The highest BCUT2D eigenvalue weighted by atomic mass is 32.1. The lowest BCUT2D eigenvalue weighted by atomic mass is 9.92. The first-order chi connectivity index (χ1) is 11.9. The maximum absolute atomic E-state index is 13.2. The summed E-state index contributed by atoms with van der Waals surface area (Å²) in [5.41, 5.74) is 4.57. The third kappa shape index (κ3) is 2.78. The van der Waals surface area contributed by atoms with Crippen LogP contribution in [0.2, 0.25) is 0 Å². The Bertz CT molecular complexity index is 829. The van der Waals surface area contributed by atoms with E-state index in [1.807, 2.05) is 30.3 Å². The number of carbonyl (C=O) groups is 2. The van der Waals surface area contributed by atoms with Gasteiger partial charge < -0.3 is 0 Å². The van der Waals surface area contributed by atoms with Crippen LogP contribution in [-0.2, 0) is 5.75 Å². The number of amides is 2. The Hall–Kier alpha value is -2.07. The van der Waals surface area contributed by atoms with Crippen molar-refractivity contribution in [2.45, 2.75) is 45.3 Å². The zero-order chi connectivity index (χ0) is 18.3. The van der Waals surface area contributed by atoms with E-state index in [1.54, 1.807) is 6.07 Å². The average molecular weight is 353 g/mol. The molecule has 0 unspecified atom stereocenters. The fraction of sp³-hybridized carbons (Fsp3) is 0.333. The summed E-state index contributed by atoms with van der Waals surface area (Å²) in [4.78, 5) is 27.7. The van der Waals surface area contributed by atoms with Crippen molar-refractivity contribution >= 4 is 30.1 Å². The van der Waals surface area contributed by atoms with Crippen LogP contribution in [0.15, 0.2) is 36.4 Å². The molecule has 4 heteroatoms. The molecule has 0 atom stereocenters. The normalized spacial score (nSPS) is 14.0. The maximum Gasteiger partial charge on any atom is 0.266 e. The van der Waals surface area contributed by atoms with Crippen LogP contribution in [-0.4, -0.2) is 11.8 Å². The number of anilines is 1. The summed E-state index contributed by atoms with van der Waals surface area (Å²) in [6, 6.07) is 11.4. The monoisotopic (exact) mass is 353 g/mol. The highest BCUT2D eigenvalue weighted by Crippen LogP contribution is 2.40. The first kappa shape index (κ1) is 17.7. The summed E-state index contributed by atoms with van der Waals surface area (Å²) in [6.07, 6.45) is 0. The molecule has 0 spiro atoms. The topological polar surface area (TPSA) is 37.4 Å². The van der Waals surface area contributed by atoms with Crippen molar-refractivity contribution < 1.29 is 9.59 Å². The second-order valence-corrected chi connectivity index (χ2v) is 7.35. The van der Waals surface area contributed by atoms with E-state index in [0.29, 0.717) is 16.9 Å². The van der Waals surface area contributed by atoms with Crippen LogP contribution < -0.4 is 4.90 Å². The molecule has 1 aliphatic heterocycles. The van der Waals surface area contributed by atoms with Crippen molar-refractivity contribution in [3.8, 4) is 0 Å². The minimum Gasteiger partial charge on any atom is -0.268 e. The summed E-state index contributed by atoms with van der Waals surface area (Å²) in [7, 11) is 0. The molecule has 0 radical (unpaired) electrons. The van der Waals surface area contributed by atoms with Gasteiger partial charge in [-0.25, -0.2) is 4.90 Å². The Labute approximate surface area is 154 Å². The Kier molecular flexibility index (Phi) is 4.74. The van der Waals surface area contributed by atoms with Crippen LogP contribution >= 0.6 is 12.6 Å². The largest absolute Gasteiger partial charge is 0.268 e. The van der Waals surface area contributed by atoms with Crippen molar-refractivity contribution in [1.29, 1.82) is 0 Å². The molecule has 0 bridgehead atoms. The summed E-state index contributed by atoms with van der Waals surface area (Å²) < 4.78 is 0. The van der Waals surface area contributed by atoms with Crippen LogP contribution in [0.1, 0.15) is 76.9 Å². The molecule has 2 amide bonds. The minimum atomic E-state index is -0.237. The van der Waals surface area contributed by atoms with Crippen molar-refractivity contribution in [2.75, 3.05) is 4.90 Å². The van der Waals surface area contributed by atoms with E-state index in [4.69, 9.17) is 0 Å². The molecule has 3 rings (SSSR count). The third-order valence-corrected chi connectivity index (χ3v) is 5.08. The zero-order valence-corrected chi connectivity index (χ0v) is 15.9. The van der Waals surface area contributed by atoms with E-state index in [0.717, 1.165) is 22.4 Å². The van der Waals surface area contributed by atoms with E-state index in [1.165, 1.54) is 4.90 Å². The standard InChI is InChI=1S/C21H23NO2S/c1-12(2)15-8-6-9-16(13(3)4)19(15)22-20(23)17-10-5-7-14(11-25)18(17)21(22)24/h5-10,12-13,25H,11H2,1-4H3. The smallest absolute Gasteiger partial charge is 0.266 e. The van der Waals surface area contributed by atoms with Gasteiger partial charge in [-0.05, 0) is 34.6 Å². The Morgan fingerprint density at radius 2 is 1.44 bits per heavy atom. The molecule has 0 N–H and O–H groups in total. The van der Waals surface area contributed by atoms with Crippen LogP contribution in [0, 0.1) is 0 Å². The van der Waals surface area contributed by atoms with Crippen LogP contribution in [0.3, 0.4) is 0 Å². The predicted octanol–water partition coefficient (Wildman–Crippen LogP) is 5.16. The molecular weight excluding hydrogens is 330 g/mol. The molecule has 1 heterocycles. The Morgan fingerprint density at radius 1 is 0.880 bits per heavy atom. The first-order valence-electron chi connectivity index (χ1n) is 8.62. The molecular formula is C21H23NO2S. The number of hydrogen-bond donors (Lipinski definition) is 1. The van der Waals surface area contributed by atoms with Gasteiger partial charge in [0.2, 0.25) is 0 Å². The lowest BCUT2D eigenvalue weighted by Gasteiger charge is -2.25. The number of carbonyl (C=O) groups excluding carboxylic acids is 2. The predicted molar refractivity (Wildman–Crippen MR) is 105 cm³/mol. The van der Waals surface area contributed by atoms with Gasteiger partial charge >= 0.3 is 0 Å². The Morgan fingerprint density at radius 3 is 1.96 bits per heavy atom. The van der Waals surface area contributed by atoms with Crippen LogP contribution in [0.25, 0.3) is 0 Å². The van der Waals surface area contributed by atoms with Gasteiger partial charge in [0, 0.05) is 5.75 Å². The maximum atomic E-state index is 13.2. The molecule has 25 heavy (non-hydrogen) atoms. The summed E-state index contributed by atoms with van der Waals surface area (Å²) in [5.74, 6) is 0.377. The molecule has 1 aliphatic rings. The summed E-state index contributed by atoms with van der Waals surface area (Å²) in [6.45, 7) is 8.33. The molecule has 2 aromatic carbocycles. The van der Waals surface area contributed by atoms with E-state index in [9.17, 15) is 9.59 Å². The van der Waals surface area contributed by atoms with Crippen molar-refractivity contribution in [2.24, 2.45) is 0 Å². The number of thiol groups is 1. The van der Waals surface area contributed by atoms with Gasteiger partial charge in [0.05, 0.1) is 16.8 Å². The second kappa shape index (κ2) is 6.68. The van der Waals surface area contributed by atoms with Gasteiger partial charge in [-0.2, -0.15) is 12.6 Å². The second-order valence-electron chi connectivity index (χ2n) is 7.04. The van der Waals surface area contributed by atoms with E-state index < -0.39 is 0 Å². The van der Waals surface area contributed by atoms with Gasteiger partial charge in [-0.1, -0.05) is 58.0 Å². The number of para-hydroxylation sites is 1. The average Bonchev–Trinajstić information content (AvgIpc) is 2.85. The van der Waals surface area contributed by atoms with Gasteiger partial charge in [0.1, 0.15) is 0 Å². The SMILES string of the molecule is CC(C)c1cccc(C(C)C)c1N1C(=O)c2cccc(CS)c2C1=O. The molecule has 2 aromatic rings. The number of rotatable bonds is 4. The van der Waals surface area contributed by atoms with Gasteiger partial charge in [-0.15, -0.1) is 0 Å². The Balaban J connectivity index is 2.25. The summed E-state index contributed by atoms with van der Waals surface area (Å²) >= 11 is 4.32. The molecule has 0 aromatic heterocycles. The quantitative estimate of drug-likeness (QED) is 0.609. The lowest BCUT2D eigenvalue weighted by molar-refractivity contribution is 0.0925. The molecule has 3 nitrogen and oxygen atoms in total. The molecule has 0 fully saturated rings. The molecule has 0 saturated heterocycles. The fourth-order valence-corrected chi connectivity index (χ4v) is 3.72. The third-order valence-electron chi connectivity index (χ3n) is 4.74. The van der Waals surface area contributed by atoms with Gasteiger partial charge in [-0.3, -0.25) is 9.59 Å². The highest BCUT2D eigenvalue weighted by Gasteiger charge is 2.40. The van der Waals surface area contributed by atoms with Crippen LogP contribution in [0.4, 0.5) is 5.69 Å². The number of fused-ring (bicyclic) bond motifs is 1. The fourth-order valence-electron chi connectivity index (χ4n) is 3.46. The molecule has 130 valence electrons. The van der Waals surface area contributed by atoms with E-state index in [2.05, 4.69) is 40.3 Å². The molecule has 0 aliphatic carbocycles. The van der Waals surface area contributed by atoms with Crippen molar-refractivity contribution in [1.82, 2.24) is 0 Å². The number of nitrogens with zero attached hydrogens (tertiary/aromatic N) is 1. The van der Waals surface area contributed by atoms with Gasteiger partial charge in [0.25, 0.3) is 11.8 Å². The number of hydrogen-bond acceptors (Lipinski definition) is 3. The van der Waals surface area contributed by atoms with E-state index in [-0.39, 0.29) is 23.7 Å². The van der Waals surface area contributed by atoms with Gasteiger partial charge in [0.15, 0.2) is 0 Å². The van der Waals surface area contributed by atoms with Crippen LogP contribution in [0.5, 0.6) is 0 Å². The number of imide groups is 1.